The van der Waals surface area contributed by atoms with E-state index in [0.717, 1.165) is 31.6 Å². The third-order valence-corrected chi connectivity index (χ3v) is 3.24. The molecule has 2 rings (SSSR count). The monoisotopic (exact) mass is 237 g/mol. The lowest BCUT2D eigenvalue weighted by Crippen LogP contribution is -2.28. The molecule has 0 aromatic heterocycles. The second kappa shape index (κ2) is 5.50. The molecule has 0 unspecified atom stereocenters. The molecule has 0 saturated carbocycles. The molecule has 1 aromatic carbocycles. The molecule has 0 amide bonds. The van der Waals surface area contributed by atoms with Crippen molar-refractivity contribution in [3.05, 3.63) is 29.6 Å². The number of rotatable bonds is 3. The second-order valence-corrected chi connectivity index (χ2v) is 4.92. The SMILES string of the molecule is CC(C)c1ccc(NC2CCOCC2)c(F)c1. The van der Waals surface area contributed by atoms with Crippen LogP contribution in [0.4, 0.5) is 10.1 Å². The van der Waals surface area contributed by atoms with Crippen LogP contribution in [-0.2, 0) is 4.74 Å². The first-order chi connectivity index (χ1) is 8.16. The van der Waals surface area contributed by atoms with E-state index in [0.29, 0.717) is 17.6 Å². The topological polar surface area (TPSA) is 21.3 Å². The summed E-state index contributed by atoms with van der Waals surface area (Å²) in [6.07, 6.45) is 1.90. The van der Waals surface area contributed by atoms with E-state index in [9.17, 15) is 4.39 Å². The molecule has 1 aromatic rings. The van der Waals surface area contributed by atoms with E-state index in [4.69, 9.17) is 4.74 Å². The van der Waals surface area contributed by atoms with Gasteiger partial charge in [0.05, 0.1) is 5.69 Å². The van der Waals surface area contributed by atoms with Gasteiger partial charge in [0.1, 0.15) is 5.82 Å². The van der Waals surface area contributed by atoms with Crippen LogP contribution >= 0.6 is 0 Å². The van der Waals surface area contributed by atoms with Gasteiger partial charge in [0.2, 0.25) is 0 Å². The molecule has 0 bridgehead atoms. The van der Waals surface area contributed by atoms with Gasteiger partial charge in [-0.1, -0.05) is 19.9 Å². The summed E-state index contributed by atoms with van der Waals surface area (Å²) in [5.74, 6) is 0.212. The average molecular weight is 237 g/mol. The number of hydrogen-bond acceptors (Lipinski definition) is 2. The molecule has 94 valence electrons. The lowest BCUT2D eigenvalue weighted by Gasteiger charge is -2.24. The molecule has 1 aliphatic rings. The molecule has 3 heteroatoms. The highest BCUT2D eigenvalue weighted by Crippen LogP contribution is 2.23. The van der Waals surface area contributed by atoms with Crippen LogP contribution in [0.2, 0.25) is 0 Å². The van der Waals surface area contributed by atoms with Gasteiger partial charge >= 0.3 is 0 Å². The Morgan fingerprint density at radius 2 is 2.00 bits per heavy atom. The highest BCUT2D eigenvalue weighted by atomic mass is 19.1. The molecule has 2 nitrogen and oxygen atoms in total. The van der Waals surface area contributed by atoms with Crippen molar-refractivity contribution >= 4 is 5.69 Å². The first-order valence-corrected chi connectivity index (χ1v) is 6.30. The summed E-state index contributed by atoms with van der Waals surface area (Å²) in [5.41, 5.74) is 1.65. The molecule has 0 spiro atoms. The van der Waals surface area contributed by atoms with Crippen molar-refractivity contribution in [3.63, 3.8) is 0 Å². The lowest BCUT2D eigenvalue weighted by molar-refractivity contribution is 0.0904. The van der Waals surface area contributed by atoms with Crippen molar-refractivity contribution in [1.82, 2.24) is 0 Å². The fourth-order valence-electron chi connectivity index (χ4n) is 2.07. The largest absolute Gasteiger partial charge is 0.381 e. The van der Waals surface area contributed by atoms with Crippen LogP contribution in [0, 0.1) is 5.82 Å². The van der Waals surface area contributed by atoms with Crippen molar-refractivity contribution in [2.45, 2.75) is 38.6 Å². The van der Waals surface area contributed by atoms with Gasteiger partial charge in [0, 0.05) is 19.3 Å². The van der Waals surface area contributed by atoms with Gasteiger partial charge in [-0.05, 0) is 36.5 Å². The molecular weight excluding hydrogens is 217 g/mol. The Kier molecular flexibility index (Phi) is 4.00. The molecule has 17 heavy (non-hydrogen) atoms. The summed E-state index contributed by atoms with van der Waals surface area (Å²) in [7, 11) is 0. The molecule has 1 heterocycles. The van der Waals surface area contributed by atoms with Crippen molar-refractivity contribution in [2.75, 3.05) is 18.5 Å². The first kappa shape index (κ1) is 12.4. The van der Waals surface area contributed by atoms with Crippen molar-refractivity contribution in [3.8, 4) is 0 Å². The fraction of sp³-hybridized carbons (Fsp3) is 0.571. The minimum absolute atomic E-state index is 0.150. The van der Waals surface area contributed by atoms with Crippen LogP contribution in [0.15, 0.2) is 18.2 Å². The van der Waals surface area contributed by atoms with E-state index >= 15 is 0 Å². The van der Waals surface area contributed by atoms with Gasteiger partial charge in [-0.25, -0.2) is 4.39 Å². The predicted molar refractivity (Wildman–Crippen MR) is 68.0 cm³/mol. The summed E-state index contributed by atoms with van der Waals surface area (Å²) < 4.78 is 19.2. The quantitative estimate of drug-likeness (QED) is 0.868. The zero-order valence-electron chi connectivity index (χ0n) is 10.5. The number of ether oxygens (including phenoxy) is 1. The van der Waals surface area contributed by atoms with Crippen LogP contribution < -0.4 is 5.32 Å². The maximum atomic E-state index is 13.9. The van der Waals surface area contributed by atoms with Crippen LogP contribution in [0.1, 0.15) is 38.2 Å². The Bertz CT molecular complexity index is 372. The molecule has 1 N–H and O–H groups in total. The summed E-state index contributed by atoms with van der Waals surface area (Å²) in [5, 5.41) is 3.26. The van der Waals surface area contributed by atoms with Gasteiger partial charge in [-0.3, -0.25) is 0 Å². The van der Waals surface area contributed by atoms with Gasteiger partial charge in [-0.2, -0.15) is 0 Å². The number of benzene rings is 1. The minimum Gasteiger partial charge on any atom is -0.381 e. The molecular formula is C14H20FNO. The highest BCUT2D eigenvalue weighted by molar-refractivity contribution is 5.47. The lowest BCUT2D eigenvalue weighted by atomic mass is 10.0. The van der Waals surface area contributed by atoms with Crippen molar-refractivity contribution in [1.29, 1.82) is 0 Å². The van der Waals surface area contributed by atoms with Crippen LogP contribution in [0.25, 0.3) is 0 Å². The number of anilines is 1. The van der Waals surface area contributed by atoms with Gasteiger partial charge in [0.25, 0.3) is 0 Å². The molecule has 0 aliphatic carbocycles. The number of hydrogen-bond donors (Lipinski definition) is 1. The third-order valence-electron chi connectivity index (χ3n) is 3.24. The zero-order chi connectivity index (χ0) is 12.3. The second-order valence-electron chi connectivity index (χ2n) is 4.92. The molecule has 0 atom stereocenters. The minimum atomic E-state index is -0.150. The summed E-state index contributed by atoms with van der Waals surface area (Å²) in [6.45, 7) is 5.67. The molecule has 0 radical (unpaired) electrons. The Labute approximate surface area is 102 Å². The van der Waals surface area contributed by atoms with Crippen LogP contribution in [-0.4, -0.2) is 19.3 Å². The van der Waals surface area contributed by atoms with E-state index in [-0.39, 0.29) is 5.82 Å². The fourth-order valence-corrected chi connectivity index (χ4v) is 2.07. The smallest absolute Gasteiger partial charge is 0.146 e. The van der Waals surface area contributed by atoms with E-state index < -0.39 is 0 Å². The average Bonchev–Trinajstić information content (AvgIpc) is 2.33. The number of halogens is 1. The van der Waals surface area contributed by atoms with Gasteiger partial charge < -0.3 is 10.1 Å². The van der Waals surface area contributed by atoms with Crippen LogP contribution in [0.5, 0.6) is 0 Å². The summed E-state index contributed by atoms with van der Waals surface area (Å²) >= 11 is 0. The zero-order valence-corrected chi connectivity index (χ0v) is 10.5. The number of nitrogens with one attached hydrogen (secondary N) is 1. The standard InChI is InChI=1S/C14H20FNO/c1-10(2)11-3-4-14(13(15)9-11)16-12-5-7-17-8-6-12/h3-4,9-10,12,16H,5-8H2,1-2H3. The van der Waals surface area contributed by atoms with Gasteiger partial charge in [-0.15, -0.1) is 0 Å². The maximum absolute atomic E-state index is 13.9. The van der Waals surface area contributed by atoms with E-state index in [1.807, 2.05) is 12.1 Å². The van der Waals surface area contributed by atoms with Gasteiger partial charge in [0.15, 0.2) is 0 Å². The normalized spacial score (nSPS) is 17.4. The third kappa shape index (κ3) is 3.19. The van der Waals surface area contributed by atoms with Crippen molar-refractivity contribution in [2.24, 2.45) is 0 Å². The van der Waals surface area contributed by atoms with E-state index in [2.05, 4.69) is 19.2 Å². The predicted octanol–water partition coefficient (Wildman–Crippen LogP) is 3.54. The molecule has 1 saturated heterocycles. The highest BCUT2D eigenvalue weighted by Gasteiger charge is 2.15. The van der Waals surface area contributed by atoms with E-state index in [1.165, 1.54) is 0 Å². The Balaban J connectivity index is 2.05. The summed E-state index contributed by atoms with van der Waals surface area (Å²) in [6, 6.07) is 5.81. The van der Waals surface area contributed by atoms with Crippen molar-refractivity contribution < 1.29 is 9.13 Å². The molecule has 1 fully saturated rings. The molecule has 1 aliphatic heterocycles. The Hall–Kier alpha value is -1.09. The Morgan fingerprint density at radius 1 is 1.29 bits per heavy atom. The maximum Gasteiger partial charge on any atom is 0.146 e. The van der Waals surface area contributed by atoms with Crippen LogP contribution in [0.3, 0.4) is 0 Å². The summed E-state index contributed by atoms with van der Waals surface area (Å²) in [4.78, 5) is 0. The Morgan fingerprint density at radius 3 is 2.59 bits per heavy atom. The first-order valence-electron chi connectivity index (χ1n) is 6.30. The van der Waals surface area contributed by atoms with E-state index in [1.54, 1.807) is 6.07 Å².